The second-order valence-electron chi connectivity index (χ2n) is 4.26. The van der Waals surface area contributed by atoms with Gasteiger partial charge in [0.05, 0.1) is 5.69 Å². The smallest absolute Gasteiger partial charge is 0.145 e. The molecule has 3 heteroatoms. The molecule has 2 aromatic rings. The molecule has 0 spiro atoms. The van der Waals surface area contributed by atoms with Crippen LogP contribution in [0.1, 0.15) is 37.6 Å². The summed E-state index contributed by atoms with van der Waals surface area (Å²) in [7, 11) is 0. The van der Waals surface area contributed by atoms with Crippen LogP contribution in [0.4, 0.5) is 5.82 Å². The van der Waals surface area contributed by atoms with Gasteiger partial charge in [-0.2, -0.15) is 0 Å². The number of unbranched alkanes of at least 4 members (excludes halogenated alkanes) is 2. The van der Waals surface area contributed by atoms with Gasteiger partial charge in [0.1, 0.15) is 11.5 Å². The van der Waals surface area contributed by atoms with Crippen molar-refractivity contribution >= 4 is 11.5 Å². The first-order valence-electron chi connectivity index (χ1n) is 5.96. The maximum Gasteiger partial charge on any atom is 0.145 e. The van der Waals surface area contributed by atoms with E-state index in [1.54, 1.807) is 0 Å². The molecule has 16 heavy (non-hydrogen) atoms. The van der Waals surface area contributed by atoms with Gasteiger partial charge in [-0.05, 0) is 31.9 Å². The summed E-state index contributed by atoms with van der Waals surface area (Å²) >= 11 is 0. The number of nitrogens with zero attached hydrogens (tertiary/aromatic N) is 2. The molecule has 0 aliphatic rings. The second kappa shape index (κ2) is 4.56. The normalized spacial score (nSPS) is 11.1. The lowest BCUT2D eigenvalue weighted by molar-refractivity contribution is 0.703. The van der Waals surface area contributed by atoms with E-state index < -0.39 is 0 Å². The molecule has 2 rings (SSSR count). The largest absolute Gasteiger partial charge is 0.382 e. The van der Waals surface area contributed by atoms with Crippen molar-refractivity contribution in [2.75, 3.05) is 5.73 Å². The minimum Gasteiger partial charge on any atom is -0.382 e. The SMILES string of the molecule is CCCCCc1c(N)nc2cccc(C)n12. The summed E-state index contributed by atoms with van der Waals surface area (Å²) in [6.45, 7) is 4.31. The van der Waals surface area contributed by atoms with Crippen LogP contribution in [0.2, 0.25) is 0 Å². The lowest BCUT2D eigenvalue weighted by Crippen LogP contribution is -1.99. The van der Waals surface area contributed by atoms with E-state index in [0.717, 1.165) is 12.1 Å². The topological polar surface area (TPSA) is 43.3 Å². The highest BCUT2D eigenvalue weighted by Crippen LogP contribution is 2.19. The molecule has 0 amide bonds. The fourth-order valence-corrected chi connectivity index (χ4v) is 2.13. The summed E-state index contributed by atoms with van der Waals surface area (Å²) in [6.07, 6.45) is 4.68. The Kier molecular flexibility index (Phi) is 3.13. The fourth-order valence-electron chi connectivity index (χ4n) is 2.13. The van der Waals surface area contributed by atoms with Crippen LogP contribution in [0.5, 0.6) is 0 Å². The summed E-state index contributed by atoms with van der Waals surface area (Å²) in [4.78, 5) is 4.39. The number of hydrogen-bond donors (Lipinski definition) is 1. The van der Waals surface area contributed by atoms with Gasteiger partial charge in [-0.25, -0.2) is 4.98 Å². The molecule has 0 unspecified atom stereocenters. The van der Waals surface area contributed by atoms with E-state index >= 15 is 0 Å². The highest BCUT2D eigenvalue weighted by atomic mass is 15.1. The number of anilines is 1. The zero-order chi connectivity index (χ0) is 11.5. The van der Waals surface area contributed by atoms with Gasteiger partial charge in [-0.1, -0.05) is 25.8 Å². The Morgan fingerprint density at radius 3 is 2.88 bits per heavy atom. The number of hydrogen-bond acceptors (Lipinski definition) is 2. The Morgan fingerprint density at radius 1 is 1.31 bits per heavy atom. The van der Waals surface area contributed by atoms with Crippen LogP contribution in [0.3, 0.4) is 0 Å². The van der Waals surface area contributed by atoms with Crippen molar-refractivity contribution in [3.63, 3.8) is 0 Å². The average Bonchev–Trinajstić information content (AvgIpc) is 2.57. The first kappa shape index (κ1) is 11.0. The van der Waals surface area contributed by atoms with Crippen LogP contribution >= 0.6 is 0 Å². The third-order valence-electron chi connectivity index (χ3n) is 2.98. The fraction of sp³-hybridized carbons (Fsp3) is 0.462. The van der Waals surface area contributed by atoms with Crippen molar-refractivity contribution in [2.45, 2.75) is 39.5 Å². The number of nitrogen functional groups attached to an aromatic ring is 1. The summed E-state index contributed by atoms with van der Waals surface area (Å²) in [5.41, 5.74) is 9.30. The quantitative estimate of drug-likeness (QED) is 0.800. The molecule has 86 valence electrons. The van der Waals surface area contributed by atoms with Crippen LogP contribution in [-0.2, 0) is 6.42 Å². The van der Waals surface area contributed by atoms with E-state index in [9.17, 15) is 0 Å². The number of imidazole rings is 1. The molecule has 0 fully saturated rings. The Morgan fingerprint density at radius 2 is 2.12 bits per heavy atom. The maximum absolute atomic E-state index is 5.97. The Hall–Kier alpha value is -1.51. The molecular weight excluding hydrogens is 198 g/mol. The van der Waals surface area contributed by atoms with Crippen LogP contribution in [0.15, 0.2) is 18.2 Å². The molecule has 2 heterocycles. The molecular formula is C13H19N3. The molecule has 2 N–H and O–H groups in total. The Labute approximate surface area is 96.3 Å². The molecule has 0 aromatic carbocycles. The predicted molar refractivity (Wildman–Crippen MR) is 67.6 cm³/mol. The van der Waals surface area contributed by atoms with E-state index in [2.05, 4.69) is 29.3 Å². The van der Waals surface area contributed by atoms with E-state index in [1.807, 2.05) is 12.1 Å². The predicted octanol–water partition coefficient (Wildman–Crippen LogP) is 2.96. The van der Waals surface area contributed by atoms with Crippen LogP contribution < -0.4 is 5.73 Å². The number of aryl methyl sites for hydroxylation is 2. The Balaban J connectivity index is 2.38. The van der Waals surface area contributed by atoms with E-state index in [1.165, 1.54) is 30.7 Å². The van der Waals surface area contributed by atoms with Gasteiger partial charge < -0.3 is 5.73 Å². The minimum atomic E-state index is 0.686. The lowest BCUT2D eigenvalue weighted by Gasteiger charge is -2.05. The van der Waals surface area contributed by atoms with Crippen molar-refractivity contribution in [3.05, 3.63) is 29.6 Å². The van der Waals surface area contributed by atoms with Crippen LogP contribution in [0, 0.1) is 6.92 Å². The van der Waals surface area contributed by atoms with E-state index in [0.29, 0.717) is 5.82 Å². The van der Waals surface area contributed by atoms with Crippen molar-refractivity contribution < 1.29 is 0 Å². The summed E-state index contributed by atoms with van der Waals surface area (Å²) in [5, 5.41) is 0. The van der Waals surface area contributed by atoms with Gasteiger partial charge >= 0.3 is 0 Å². The van der Waals surface area contributed by atoms with Crippen molar-refractivity contribution in [1.29, 1.82) is 0 Å². The molecule has 0 aliphatic carbocycles. The maximum atomic E-state index is 5.97. The first-order valence-corrected chi connectivity index (χ1v) is 5.96. The standard InChI is InChI=1S/C13H19N3/c1-3-4-5-8-11-13(14)15-12-9-6-7-10(2)16(11)12/h6-7,9H,3-5,8,14H2,1-2H3. The molecule has 0 radical (unpaired) electrons. The van der Waals surface area contributed by atoms with Crippen molar-refractivity contribution in [3.8, 4) is 0 Å². The van der Waals surface area contributed by atoms with Crippen molar-refractivity contribution in [1.82, 2.24) is 9.38 Å². The number of pyridine rings is 1. The van der Waals surface area contributed by atoms with Gasteiger partial charge in [0.15, 0.2) is 0 Å². The second-order valence-corrected chi connectivity index (χ2v) is 4.26. The van der Waals surface area contributed by atoms with Crippen molar-refractivity contribution in [2.24, 2.45) is 0 Å². The third kappa shape index (κ3) is 1.90. The van der Waals surface area contributed by atoms with E-state index in [4.69, 9.17) is 5.73 Å². The third-order valence-corrected chi connectivity index (χ3v) is 2.98. The van der Waals surface area contributed by atoms with E-state index in [-0.39, 0.29) is 0 Å². The van der Waals surface area contributed by atoms with Crippen LogP contribution in [0.25, 0.3) is 5.65 Å². The van der Waals surface area contributed by atoms with Gasteiger partial charge in [-0.3, -0.25) is 4.40 Å². The first-order chi connectivity index (χ1) is 7.74. The zero-order valence-corrected chi connectivity index (χ0v) is 10.0. The summed E-state index contributed by atoms with van der Waals surface area (Å²) in [5.74, 6) is 0.686. The molecule has 0 saturated carbocycles. The molecule has 0 saturated heterocycles. The molecule has 0 bridgehead atoms. The lowest BCUT2D eigenvalue weighted by atomic mass is 10.1. The monoisotopic (exact) mass is 217 g/mol. The van der Waals surface area contributed by atoms with Crippen LogP contribution in [-0.4, -0.2) is 9.38 Å². The number of aromatic nitrogens is 2. The highest BCUT2D eigenvalue weighted by molar-refractivity contribution is 5.53. The zero-order valence-electron chi connectivity index (χ0n) is 10.0. The highest BCUT2D eigenvalue weighted by Gasteiger charge is 2.09. The summed E-state index contributed by atoms with van der Waals surface area (Å²) < 4.78 is 2.17. The van der Waals surface area contributed by atoms with Gasteiger partial charge in [-0.15, -0.1) is 0 Å². The van der Waals surface area contributed by atoms with Gasteiger partial charge in [0, 0.05) is 5.69 Å². The molecule has 0 aliphatic heterocycles. The number of rotatable bonds is 4. The molecule has 3 nitrogen and oxygen atoms in total. The Bertz CT molecular complexity index is 485. The summed E-state index contributed by atoms with van der Waals surface area (Å²) in [6, 6.07) is 6.12. The minimum absolute atomic E-state index is 0.686. The van der Waals surface area contributed by atoms with Gasteiger partial charge in [0.2, 0.25) is 0 Å². The molecule has 2 aromatic heterocycles. The molecule has 0 atom stereocenters. The number of fused-ring (bicyclic) bond motifs is 1. The average molecular weight is 217 g/mol. The number of nitrogens with two attached hydrogens (primary N) is 1. The van der Waals surface area contributed by atoms with Gasteiger partial charge in [0.25, 0.3) is 0 Å².